The van der Waals surface area contributed by atoms with E-state index in [-0.39, 0.29) is 18.6 Å². The highest BCUT2D eigenvalue weighted by Crippen LogP contribution is 2.14. The molecule has 7 nitrogen and oxygen atoms in total. The van der Waals surface area contributed by atoms with E-state index in [1.807, 2.05) is 36.4 Å². The van der Waals surface area contributed by atoms with Crippen LogP contribution in [0.4, 0.5) is 4.79 Å². The molecule has 2 amide bonds. The van der Waals surface area contributed by atoms with Crippen molar-refractivity contribution in [3.63, 3.8) is 0 Å². The largest absolute Gasteiger partial charge is 0.445 e. The van der Waals surface area contributed by atoms with Crippen molar-refractivity contribution in [1.29, 1.82) is 5.26 Å². The monoisotopic (exact) mass is 406 g/mol. The molecule has 1 saturated heterocycles. The second kappa shape index (κ2) is 10.4. The lowest BCUT2D eigenvalue weighted by Crippen LogP contribution is -2.53. The SMILES string of the molecule is N#Cc1cccc(C[C@H](N)C(=O)N2CCC[C@H](NC(=O)OCc3ccccc3)C2)c1. The molecule has 1 aliphatic heterocycles. The number of hydrogen-bond acceptors (Lipinski definition) is 5. The molecule has 1 heterocycles. The van der Waals surface area contributed by atoms with Gasteiger partial charge in [0.05, 0.1) is 17.7 Å². The van der Waals surface area contributed by atoms with E-state index in [1.54, 1.807) is 23.1 Å². The number of amides is 2. The molecule has 2 aromatic carbocycles. The molecular weight excluding hydrogens is 380 g/mol. The number of benzene rings is 2. The van der Waals surface area contributed by atoms with Gasteiger partial charge in [-0.1, -0.05) is 42.5 Å². The van der Waals surface area contributed by atoms with Crippen LogP contribution in [-0.4, -0.2) is 42.1 Å². The van der Waals surface area contributed by atoms with Gasteiger partial charge in [0.25, 0.3) is 0 Å². The number of hydrogen-bond donors (Lipinski definition) is 2. The summed E-state index contributed by atoms with van der Waals surface area (Å²) in [5, 5.41) is 11.9. The van der Waals surface area contributed by atoms with Crippen LogP contribution in [0, 0.1) is 11.3 Å². The Balaban J connectivity index is 1.48. The normalized spacial score (nSPS) is 16.9. The number of nitriles is 1. The smallest absolute Gasteiger partial charge is 0.407 e. The maximum absolute atomic E-state index is 12.8. The van der Waals surface area contributed by atoms with Gasteiger partial charge in [-0.25, -0.2) is 4.79 Å². The molecule has 3 rings (SSSR count). The number of carbonyl (C=O) groups excluding carboxylic acids is 2. The van der Waals surface area contributed by atoms with E-state index >= 15 is 0 Å². The number of likely N-dealkylation sites (tertiary alicyclic amines) is 1. The number of rotatable bonds is 6. The standard InChI is InChI=1S/C23H26N4O3/c24-14-19-9-4-8-18(12-19)13-21(25)22(28)27-11-5-10-20(15-27)26-23(29)30-16-17-6-2-1-3-7-17/h1-4,6-9,12,20-21H,5,10-11,13,15-16,25H2,(H,26,29)/t20-,21-/m0/s1. The fourth-order valence-electron chi connectivity index (χ4n) is 3.57. The lowest BCUT2D eigenvalue weighted by Gasteiger charge is -2.34. The van der Waals surface area contributed by atoms with Gasteiger partial charge in [0.15, 0.2) is 0 Å². The summed E-state index contributed by atoms with van der Waals surface area (Å²) < 4.78 is 5.27. The van der Waals surface area contributed by atoms with Crippen molar-refractivity contribution in [1.82, 2.24) is 10.2 Å². The van der Waals surface area contributed by atoms with Gasteiger partial charge in [0.1, 0.15) is 6.61 Å². The Bertz CT molecular complexity index is 910. The second-order valence-corrected chi connectivity index (χ2v) is 7.45. The lowest BCUT2D eigenvalue weighted by molar-refractivity contribution is -0.133. The van der Waals surface area contributed by atoms with Gasteiger partial charge in [-0.05, 0) is 42.5 Å². The summed E-state index contributed by atoms with van der Waals surface area (Å²) in [5.41, 5.74) is 8.46. The first-order valence-corrected chi connectivity index (χ1v) is 10.1. The maximum atomic E-state index is 12.8. The van der Waals surface area contributed by atoms with Gasteiger partial charge < -0.3 is 20.7 Å². The van der Waals surface area contributed by atoms with Gasteiger partial charge in [-0.15, -0.1) is 0 Å². The number of ether oxygens (including phenoxy) is 1. The first kappa shape index (κ1) is 21.3. The highest BCUT2D eigenvalue weighted by atomic mass is 16.5. The van der Waals surface area contributed by atoms with Crippen molar-refractivity contribution >= 4 is 12.0 Å². The average Bonchev–Trinajstić information content (AvgIpc) is 2.78. The first-order valence-electron chi connectivity index (χ1n) is 10.1. The van der Waals surface area contributed by atoms with Crippen LogP contribution in [0.15, 0.2) is 54.6 Å². The fourth-order valence-corrected chi connectivity index (χ4v) is 3.57. The molecule has 0 aliphatic carbocycles. The summed E-state index contributed by atoms with van der Waals surface area (Å²) >= 11 is 0. The molecule has 156 valence electrons. The van der Waals surface area contributed by atoms with Crippen LogP contribution in [-0.2, 0) is 22.6 Å². The summed E-state index contributed by atoms with van der Waals surface area (Å²) in [7, 11) is 0. The molecule has 0 bridgehead atoms. The minimum Gasteiger partial charge on any atom is -0.445 e. The summed E-state index contributed by atoms with van der Waals surface area (Å²) in [6, 6.07) is 17.8. The molecule has 0 unspecified atom stereocenters. The predicted molar refractivity (Wildman–Crippen MR) is 112 cm³/mol. The molecule has 0 aromatic heterocycles. The quantitative estimate of drug-likeness (QED) is 0.765. The Kier molecular flexibility index (Phi) is 7.41. The number of piperidine rings is 1. The number of nitrogens with one attached hydrogen (secondary N) is 1. The van der Waals surface area contributed by atoms with E-state index in [4.69, 9.17) is 15.7 Å². The van der Waals surface area contributed by atoms with E-state index in [1.165, 1.54) is 0 Å². The zero-order chi connectivity index (χ0) is 21.3. The van der Waals surface area contributed by atoms with E-state index < -0.39 is 12.1 Å². The van der Waals surface area contributed by atoms with Gasteiger partial charge in [0, 0.05) is 19.1 Å². The van der Waals surface area contributed by atoms with Crippen LogP contribution in [0.3, 0.4) is 0 Å². The number of carbonyl (C=O) groups is 2. The zero-order valence-electron chi connectivity index (χ0n) is 16.8. The topological polar surface area (TPSA) is 108 Å². The van der Waals surface area contributed by atoms with Crippen molar-refractivity contribution < 1.29 is 14.3 Å². The van der Waals surface area contributed by atoms with Crippen LogP contribution in [0.2, 0.25) is 0 Å². The Hall–Kier alpha value is -3.37. The molecule has 3 N–H and O–H groups in total. The van der Waals surface area contributed by atoms with Crippen molar-refractivity contribution in [3.8, 4) is 6.07 Å². The van der Waals surface area contributed by atoms with E-state index in [2.05, 4.69) is 11.4 Å². The summed E-state index contributed by atoms with van der Waals surface area (Å²) in [6.07, 6.45) is 1.44. The highest BCUT2D eigenvalue weighted by Gasteiger charge is 2.28. The Morgan fingerprint density at radius 2 is 1.97 bits per heavy atom. The van der Waals surface area contributed by atoms with Gasteiger partial charge in [-0.2, -0.15) is 5.26 Å². The fraction of sp³-hybridized carbons (Fsp3) is 0.348. The second-order valence-electron chi connectivity index (χ2n) is 7.45. The zero-order valence-corrected chi connectivity index (χ0v) is 16.8. The minimum atomic E-state index is -0.692. The van der Waals surface area contributed by atoms with Gasteiger partial charge in [-0.3, -0.25) is 4.79 Å². The average molecular weight is 406 g/mol. The molecular formula is C23H26N4O3. The predicted octanol–water partition coefficient (Wildman–Crippen LogP) is 2.35. The summed E-state index contributed by atoms with van der Waals surface area (Å²) in [5.74, 6) is -0.151. The van der Waals surface area contributed by atoms with Crippen LogP contribution in [0.1, 0.15) is 29.5 Å². The highest BCUT2D eigenvalue weighted by molar-refractivity contribution is 5.82. The summed E-state index contributed by atoms with van der Waals surface area (Å²) in [4.78, 5) is 26.6. The van der Waals surface area contributed by atoms with Crippen LogP contribution < -0.4 is 11.1 Å². The molecule has 2 aromatic rings. The van der Waals surface area contributed by atoms with E-state index in [9.17, 15) is 9.59 Å². The Morgan fingerprint density at radius 3 is 2.73 bits per heavy atom. The Labute approximate surface area is 176 Å². The van der Waals surface area contributed by atoms with Crippen molar-refractivity contribution in [2.45, 2.75) is 38.0 Å². The number of alkyl carbamates (subject to hydrolysis) is 1. The third-order valence-electron chi connectivity index (χ3n) is 5.10. The van der Waals surface area contributed by atoms with Crippen molar-refractivity contribution in [2.75, 3.05) is 13.1 Å². The summed E-state index contributed by atoms with van der Waals surface area (Å²) in [6.45, 7) is 1.22. The first-order chi connectivity index (χ1) is 14.5. The van der Waals surface area contributed by atoms with E-state index in [0.717, 1.165) is 24.0 Å². The minimum absolute atomic E-state index is 0.151. The van der Waals surface area contributed by atoms with Gasteiger partial charge in [0.2, 0.25) is 5.91 Å². The molecule has 0 spiro atoms. The van der Waals surface area contributed by atoms with E-state index in [0.29, 0.717) is 25.1 Å². The molecule has 1 aliphatic rings. The Morgan fingerprint density at radius 1 is 1.20 bits per heavy atom. The molecule has 2 atom stereocenters. The molecule has 0 radical (unpaired) electrons. The van der Waals surface area contributed by atoms with Gasteiger partial charge >= 0.3 is 6.09 Å². The number of nitrogens with zero attached hydrogens (tertiary/aromatic N) is 2. The molecule has 1 fully saturated rings. The van der Waals surface area contributed by atoms with Crippen LogP contribution in [0.5, 0.6) is 0 Å². The van der Waals surface area contributed by atoms with Crippen molar-refractivity contribution in [3.05, 3.63) is 71.3 Å². The van der Waals surface area contributed by atoms with Crippen molar-refractivity contribution in [2.24, 2.45) is 5.73 Å². The third-order valence-corrected chi connectivity index (χ3v) is 5.10. The number of nitrogens with two attached hydrogens (primary N) is 1. The van der Waals surface area contributed by atoms with Crippen LogP contribution in [0.25, 0.3) is 0 Å². The molecule has 7 heteroatoms. The third kappa shape index (κ3) is 6.06. The maximum Gasteiger partial charge on any atom is 0.407 e. The van der Waals surface area contributed by atoms with Crippen LogP contribution >= 0.6 is 0 Å². The molecule has 30 heavy (non-hydrogen) atoms. The molecule has 0 saturated carbocycles. The lowest BCUT2D eigenvalue weighted by atomic mass is 10.0.